The van der Waals surface area contributed by atoms with Gasteiger partial charge in [0.1, 0.15) is 0 Å². The second kappa shape index (κ2) is 6.66. The number of hydrogen-bond donors (Lipinski definition) is 0. The Morgan fingerprint density at radius 2 is 2.29 bits per heavy atom. The van der Waals surface area contributed by atoms with Gasteiger partial charge in [-0.05, 0) is 25.0 Å². The molecule has 76 valence electrons. The Morgan fingerprint density at radius 3 is 2.86 bits per heavy atom. The summed E-state index contributed by atoms with van der Waals surface area (Å²) in [4.78, 5) is 4.30. The van der Waals surface area contributed by atoms with Gasteiger partial charge in [0, 0.05) is 11.4 Å². The first-order valence-electron chi connectivity index (χ1n) is 5.11. The van der Waals surface area contributed by atoms with Crippen LogP contribution in [-0.2, 0) is 0 Å². The van der Waals surface area contributed by atoms with Gasteiger partial charge in [-0.1, -0.05) is 43.8 Å². The molecule has 0 saturated carbocycles. The maximum atomic E-state index is 4.30. The SMILES string of the molecule is CC/C=C/[C@@H](CC)Sc1ccccn1. The van der Waals surface area contributed by atoms with E-state index in [4.69, 9.17) is 0 Å². The van der Waals surface area contributed by atoms with Crippen molar-refractivity contribution in [2.24, 2.45) is 0 Å². The lowest BCUT2D eigenvalue weighted by atomic mass is 10.3. The monoisotopic (exact) mass is 207 g/mol. The summed E-state index contributed by atoms with van der Waals surface area (Å²) in [5.41, 5.74) is 0. The fourth-order valence-corrected chi connectivity index (χ4v) is 2.06. The van der Waals surface area contributed by atoms with E-state index >= 15 is 0 Å². The summed E-state index contributed by atoms with van der Waals surface area (Å²) in [6.45, 7) is 4.37. The van der Waals surface area contributed by atoms with E-state index in [1.165, 1.54) is 0 Å². The van der Waals surface area contributed by atoms with Gasteiger partial charge < -0.3 is 0 Å². The molecule has 0 N–H and O–H groups in total. The summed E-state index contributed by atoms with van der Waals surface area (Å²) in [6.07, 6.45) is 8.61. The number of hydrogen-bond acceptors (Lipinski definition) is 2. The van der Waals surface area contributed by atoms with Gasteiger partial charge in [-0.15, -0.1) is 0 Å². The molecule has 0 saturated heterocycles. The molecule has 0 aromatic carbocycles. The van der Waals surface area contributed by atoms with Crippen LogP contribution in [0.3, 0.4) is 0 Å². The predicted molar refractivity (Wildman–Crippen MR) is 63.6 cm³/mol. The maximum absolute atomic E-state index is 4.30. The average Bonchev–Trinajstić information content (AvgIpc) is 2.25. The molecule has 0 radical (unpaired) electrons. The normalized spacial score (nSPS) is 13.3. The van der Waals surface area contributed by atoms with Crippen LogP contribution in [0.25, 0.3) is 0 Å². The number of thioether (sulfide) groups is 1. The highest BCUT2D eigenvalue weighted by Crippen LogP contribution is 2.23. The molecule has 14 heavy (non-hydrogen) atoms. The Bertz CT molecular complexity index is 269. The number of rotatable bonds is 5. The summed E-state index contributed by atoms with van der Waals surface area (Å²) in [5, 5.41) is 1.67. The minimum absolute atomic E-state index is 0.560. The summed E-state index contributed by atoms with van der Waals surface area (Å²) in [5.74, 6) is 0. The minimum Gasteiger partial charge on any atom is -0.250 e. The molecule has 1 nitrogen and oxygen atoms in total. The molecule has 1 aromatic heterocycles. The molecule has 0 aliphatic heterocycles. The molecule has 1 heterocycles. The van der Waals surface area contributed by atoms with Gasteiger partial charge in [-0.2, -0.15) is 0 Å². The van der Waals surface area contributed by atoms with Crippen LogP contribution in [0.1, 0.15) is 26.7 Å². The summed E-state index contributed by atoms with van der Waals surface area (Å²) in [7, 11) is 0. The highest BCUT2D eigenvalue weighted by molar-refractivity contribution is 8.00. The van der Waals surface area contributed by atoms with Crippen molar-refractivity contribution in [1.29, 1.82) is 0 Å². The number of pyridine rings is 1. The van der Waals surface area contributed by atoms with E-state index in [0.717, 1.165) is 17.9 Å². The molecular formula is C12H17NS. The topological polar surface area (TPSA) is 12.9 Å². The molecule has 2 heteroatoms. The number of allylic oxidation sites excluding steroid dienone is 1. The van der Waals surface area contributed by atoms with Gasteiger partial charge in [0.25, 0.3) is 0 Å². The third kappa shape index (κ3) is 3.97. The first-order chi connectivity index (χ1) is 6.86. The van der Waals surface area contributed by atoms with E-state index in [2.05, 4.69) is 37.0 Å². The van der Waals surface area contributed by atoms with Gasteiger partial charge in [-0.25, -0.2) is 4.98 Å². The molecule has 0 bridgehead atoms. The molecule has 0 aliphatic carbocycles. The quantitative estimate of drug-likeness (QED) is 0.536. The van der Waals surface area contributed by atoms with E-state index in [1.54, 1.807) is 0 Å². The van der Waals surface area contributed by atoms with Crippen LogP contribution in [0.4, 0.5) is 0 Å². The van der Waals surface area contributed by atoms with Crippen LogP contribution in [0.2, 0.25) is 0 Å². The highest BCUT2D eigenvalue weighted by atomic mass is 32.2. The number of nitrogens with zero attached hydrogens (tertiary/aromatic N) is 1. The summed E-state index contributed by atoms with van der Waals surface area (Å²) in [6, 6.07) is 6.05. The lowest BCUT2D eigenvalue weighted by Crippen LogP contribution is -1.95. The summed E-state index contributed by atoms with van der Waals surface area (Å²) >= 11 is 1.83. The van der Waals surface area contributed by atoms with Crippen LogP contribution in [0.15, 0.2) is 41.6 Å². The summed E-state index contributed by atoms with van der Waals surface area (Å²) < 4.78 is 0. The standard InChI is InChI=1S/C12H17NS/c1-3-5-8-11(4-2)14-12-9-6-7-10-13-12/h5-11H,3-4H2,1-2H3/b8-5+/t11-/m1/s1. The maximum Gasteiger partial charge on any atom is 0.0965 e. The fourth-order valence-electron chi connectivity index (χ4n) is 1.12. The van der Waals surface area contributed by atoms with Crippen molar-refractivity contribution in [2.45, 2.75) is 37.0 Å². The van der Waals surface area contributed by atoms with Crippen LogP contribution >= 0.6 is 11.8 Å². The Kier molecular flexibility index (Phi) is 5.38. The van der Waals surface area contributed by atoms with E-state index in [9.17, 15) is 0 Å². The molecule has 0 aliphatic rings. The first-order valence-corrected chi connectivity index (χ1v) is 5.99. The minimum atomic E-state index is 0.560. The van der Waals surface area contributed by atoms with Crippen LogP contribution in [-0.4, -0.2) is 10.2 Å². The van der Waals surface area contributed by atoms with Gasteiger partial charge in [0.05, 0.1) is 5.03 Å². The molecule has 1 atom stereocenters. The van der Waals surface area contributed by atoms with Gasteiger partial charge in [0.15, 0.2) is 0 Å². The van der Waals surface area contributed by atoms with E-state index < -0.39 is 0 Å². The molecule has 0 amide bonds. The van der Waals surface area contributed by atoms with Crippen molar-refractivity contribution in [3.63, 3.8) is 0 Å². The Hall–Kier alpha value is -0.760. The molecule has 1 aromatic rings. The highest BCUT2D eigenvalue weighted by Gasteiger charge is 2.03. The zero-order valence-corrected chi connectivity index (χ0v) is 9.63. The van der Waals surface area contributed by atoms with Crippen LogP contribution in [0, 0.1) is 0 Å². The predicted octanol–water partition coefficient (Wildman–Crippen LogP) is 3.92. The smallest absolute Gasteiger partial charge is 0.0965 e. The van der Waals surface area contributed by atoms with Crippen molar-refractivity contribution >= 4 is 11.8 Å². The Morgan fingerprint density at radius 1 is 1.43 bits per heavy atom. The molecule has 0 unspecified atom stereocenters. The molecule has 0 spiro atoms. The average molecular weight is 207 g/mol. The zero-order valence-electron chi connectivity index (χ0n) is 8.81. The van der Waals surface area contributed by atoms with Crippen molar-refractivity contribution in [1.82, 2.24) is 4.98 Å². The third-order valence-corrected chi connectivity index (χ3v) is 3.17. The Labute approximate surface area is 90.6 Å². The largest absolute Gasteiger partial charge is 0.250 e. The molecule has 1 rings (SSSR count). The van der Waals surface area contributed by atoms with Crippen molar-refractivity contribution < 1.29 is 0 Å². The Balaban J connectivity index is 2.53. The fraction of sp³-hybridized carbons (Fsp3) is 0.417. The van der Waals surface area contributed by atoms with Crippen LogP contribution in [0.5, 0.6) is 0 Å². The lowest BCUT2D eigenvalue weighted by molar-refractivity contribution is 0.961. The lowest BCUT2D eigenvalue weighted by Gasteiger charge is -2.08. The first kappa shape index (κ1) is 11.3. The molecular weight excluding hydrogens is 190 g/mol. The second-order valence-corrected chi connectivity index (χ2v) is 4.33. The molecule has 0 fully saturated rings. The van der Waals surface area contributed by atoms with Gasteiger partial charge >= 0.3 is 0 Å². The second-order valence-electron chi connectivity index (χ2n) is 3.07. The van der Waals surface area contributed by atoms with E-state index in [0.29, 0.717) is 5.25 Å². The van der Waals surface area contributed by atoms with Crippen molar-refractivity contribution in [3.05, 3.63) is 36.5 Å². The van der Waals surface area contributed by atoms with Gasteiger partial charge in [-0.3, -0.25) is 0 Å². The van der Waals surface area contributed by atoms with E-state index in [1.807, 2.05) is 30.1 Å². The van der Waals surface area contributed by atoms with Crippen molar-refractivity contribution in [3.8, 4) is 0 Å². The number of aromatic nitrogens is 1. The van der Waals surface area contributed by atoms with E-state index in [-0.39, 0.29) is 0 Å². The zero-order chi connectivity index (χ0) is 10.2. The van der Waals surface area contributed by atoms with Gasteiger partial charge in [0.2, 0.25) is 0 Å². The van der Waals surface area contributed by atoms with Crippen LogP contribution < -0.4 is 0 Å². The van der Waals surface area contributed by atoms with Crippen molar-refractivity contribution in [2.75, 3.05) is 0 Å². The third-order valence-electron chi connectivity index (χ3n) is 1.90.